The van der Waals surface area contributed by atoms with Crippen molar-refractivity contribution < 1.29 is 17.2 Å². The van der Waals surface area contributed by atoms with Gasteiger partial charge in [-0.1, -0.05) is 0 Å². The molecule has 0 saturated heterocycles. The van der Waals surface area contributed by atoms with Crippen LogP contribution in [0.3, 0.4) is 0 Å². The van der Waals surface area contributed by atoms with Crippen molar-refractivity contribution in [2.24, 2.45) is 5.41 Å². The Labute approximate surface area is 68.0 Å². The predicted molar refractivity (Wildman–Crippen MR) is 37.3 cm³/mol. The molecule has 1 aliphatic carbocycles. The van der Waals surface area contributed by atoms with E-state index in [2.05, 4.69) is 0 Å². The second kappa shape index (κ2) is 2.55. The van der Waals surface area contributed by atoms with Crippen LogP contribution in [0.1, 0.15) is 12.8 Å². The number of alkyl halides is 2. The lowest BCUT2D eigenvalue weighted by Crippen LogP contribution is -2.20. The van der Waals surface area contributed by atoms with Gasteiger partial charge in [0.15, 0.2) is 0 Å². The molecule has 0 aromatic rings. The summed E-state index contributed by atoms with van der Waals surface area (Å²) in [6.07, 6.45) is -2.05. The summed E-state index contributed by atoms with van der Waals surface area (Å²) < 4.78 is 45.0. The van der Waals surface area contributed by atoms with Crippen LogP contribution in [0.4, 0.5) is 8.78 Å². The van der Waals surface area contributed by atoms with E-state index in [9.17, 15) is 17.2 Å². The second-order valence-electron chi connectivity index (χ2n) is 2.85. The van der Waals surface area contributed by atoms with E-state index in [0.717, 1.165) is 0 Å². The fourth-order valence-corrected chi connectivity index (χ4v) is 2.68. The Kier molecular flexibility index (Phi) is 2.13. The minimum absolute atomic E-state index is 0.261. The quantitative estimate of drug-likeness (QED) is 0.655. The van der Waals surface area contributed by atoms with Crippen molar-refractivity contribution in [3.8, 4) is 0 Å². The van der Waals surface area contributed by atoms with E-state index in [1.165, 1.54) is 0 Å². The molecule has 0 amide bonds. The van der Waals surface area contributed by atoms with Gasteiger partial charge in [0, 0.05) is 16.1 Å². The molecule has 0 bridgehead atoms. The van der Waals surface area contributed by atoms with Gasteiger partial charge < -0.3 is 0 Å². The molecule has 0 unspecified atom stereocenters. The molecule has 0 heterocycles. The minimum Gasteiger partial charge on any atom is -0.212 e. The van der Waals surface area contributed by atoms with E-state index in [0.29, 0.717) is 0 Å². The van der Waals surface area contributed by atoms with Crippen LogP contribution >= 0.6 is 10.7 Å². The fourth-order valence-electron chi connectivity index (χ4n) is 0.929. The highest BCUT2D eigenvalue weighted by Crippen LogP contribution is 2.51. The molecule has 11 heavy (non-hydrogen) atoms. The van der Waals surface area contributed by atoms with Crippen LogP contribution in [0, 0.1) is 5.41 Å². The van der Waals surface area contributed by atoms with Crippen LogP contribution in [0.15, 0.2) is 0 Å². The Balaban J connectivity index is 2.63. The Bertz CT molecular complexity index is 245. The molecule has 1 aliphatic rings. The molecule has 0 N–H and O–H groups in total. The van der Waals surface area contributed by atoms with Gasteiger partial charge in [-0.15, -0.1) is 0 Å². The highest BCUT2D eigenvalue weighted by atomic mass is 35.7. The molecule has 0 aromatic heterocycles. The molecule has 0 aliphatic heterocycles. The Morgan fingerprint density at radius 3 is 2.00 bits per heavy atom. The zero-order valence-electron chi connectivity index (χ0n) is 5.56. The van der Waals surface area contributed by atoms with Gasteiger partial charge in [-0.25, -0.2) is 17.2 Å². The molecule has 6 heteroatoms. The standard InChI is InChI=1S/C5H7ClF2O2S/c6-11(9,10)3-5(1-2-5)4(7)8/h4H,1-3H2. The summed E-state index contributed by atoms with van der Waals surface area (Å²) in [7, 11) is 1.07. The predicted octanol–water partition coefficient (Wildman–Crippen LogP) is 1.60. The second-order valence-corrected chi connectivity index (χ2v) is 5.62. The summed E-state index contributed by atoms with van der Waals surface area (Å²) in [5, 5.41) is 0. The molecule has 2 nitrogen and oxygen atoms in total. The van der Waals surface area contributed by atoms with E-state index in [1.807, 2.05) is 0 Å². The largest absolute Gasteiger partial charge is 0.245 e. The maximum absolute atomic E-state index is 12.1. The summed E-state index contributed by atoms with van der Waals surface area (Å²) >= 11 is 0. The van der Waals surface area contributed by atoms with E-state index in [4.69, 9.17) is 10.7 Å². The van der Waals surface area contributed by atoms with Crippen LogP contribution in [0.2, 0.25) is 0 Å². The van der Waals surface area contributed by atoms with Gasteiger partial charge in [0.1, 0.15) is 0 Å². The molecule has 0 spiro atoms. The third-order valence-corrected chi connectivity index (χ3v) is 3.06. The fraction of sp³-hybridized carbons (Fsp3) is 1.00. The van der Waals surface area contributed by atoms with E-state index < -0.39 is 26.6 Å². The number of hydrogen-bond donors (Lipinski definition) is 0. The number of hydrogen-bond acceptors (Lipinski definition) is 2. The monoisotopic (exact) mass is 204 g/mol. The summed E-state index contributed by atoms with van der Waals surface area (Å²) in [5.74, 6) is -0.598. The highest BCUT2D eigenvalue weighted by Gasteiger charge is 2.53. The summed E-state index contributed by atoms with van der Waals surface area (Å²) in [4.78, 5) is 0. The summed E-state index contributed by atoms with van der Waals surface area (Å²) in [6, 6.07) is 0. The van der Waals surface area contributed by atoms with Crippen molar-refractivity contribution >= 4 is 19.7 Å². The SMILES string of the molecule is O=S(=O)(Cl)CC1(C(F)F)CC1. The maximum Gasteiger partial charge on any atom is 0.245 e. The van der Waals surface area contributed by atoms with Crippen LogP contribution in [-0.2, 0) is 9.05 Å². The number of halogens is 3. The maximum atomic E-state index is 12.1. The van der Waals surface area contributed by atoms with Gasteiger partial charge in [-0.3, -0.25) is 0 Å². The van der Waals surface area contributed by atoms with Crippen molar-refractivity contribution in [1.82, 2.24) is 0 Å². The number of rotatable bonds is 3. The molecular weight excluding hydrogens is 198 g/mol. The van der Waals surface area contributed by atoms with Crippen LogP contribution in [-0.4, -0.2) is 20.6 Å². The molecule has 0 radical (unpaired) electrons. The van der Waals surface area contributed by atoms with Crippen molar-refractivity contribution in [3.63, 3.8) is 0 Å². The molecule has 66 valence electrons. The topological polar surface area (TPSA) is 34.1 Å². The smallest absolute Gasteiger partial charge is 0.212 e. The summed E-state index contributed by atoms with van der Waals surface area (Å²) in [6.45, 7) is 0. The first kappa shape index (κ1) is 9.19. The van der Waals surface area contributed by atoms with Gasteiger partial charge in [0.25, 0.3) is 0 Å². The van der Waals surface area contributed by atoms with Crippen LogP contribution in [0.5, 0.6) is 0 Å². The first-order valence-electron chi connectivity index (χ1n) is 3.06. The molecule has 1 saturated carbocycles. The van der Waals surface area contributed by atoms with Gasteiger partial charge in [-0.05, 0) is 12.8 Å². The average molecular weight is 205 g/mol. The van der Waals surface area contributed by atoms with E-state index in [1.54, 1.807) is 0 Å². The minimum atomic E-state index is -3.77. The molecule has 1 rings (SSSR count). The first-order valence-corrected chi connectivity index (χ1v) is 5.54. The van der Waals surface area contributed by atoms with Gasteiger partial charge in [0.05, 0.1) is 5.75 Å². The van der Waals surface area contributed by atoms with Gasteiger partial charge >= 0.3 is 0 Å². The average Bonchev–Trinajstić information content (AvgIpc) is 2.43. The highest BCUT2D eigenvalue weighted by molar-refractivity contribution is 8.13. The Morgan fingerprint density at radius 2 is 1.91 bits per heavy atom. The molecule has 1 fully saturated rings. The molecule has 0 aromatic carbocycles. The normalized spacial score (nSPS) is 22.2. The first-order chi connectivity index (χ1) is 4.86. The third-order valence-electron chi connectivity index (χ3n) is 1.82. The van der Waals surface area contributed by atoms with Crippen LogP contribution in [0.25, 0.3) is 0 Å². The lowest BCUT2D eigenvalue weighted by atomic mass is 10.2. The third kappa shape index (κ3) is 2.27. The molecular formula is C5H7ClF2O2S. The summed E-state index contributed by atoms with van der Waals surface area (Å²) in [5.41, 5.74) is -1.32. The van der Waals surface area contributed by atoms with Gasteiger partial charge in [0.2, 0.25) is 15.5 Å². The molecule has 0 atom stereocenters. The zero-order valence-corrected chi connectivity index (χ0v) is 7.13. The van der Waals surface area contributed by atoms with Crippen LogP contribution < -0.4 is 0 Å². The Hall–Kier alpha value is 0.1000. The zero-order chi connectivity index (χ0) is 8.70. The van der Waals surface area contributed by atoms with Gasteiger partial charge in [-0.2, -0.15) is 0 Å². The lowest BCUT2D eigenvalue weighted by molar-refractivity contribution is 0.0739. The van der Waals surface area contributed by atoms with Crippen molar-refractivity contribution in [3.05, 3.63) is 0 Å². The van der Waals surface area contributed by atoms with E-state index in [-0.39, 0.29) is 12.8 Å². The van der Waals surface area contributed by atoms with Crippen molar-refractivity contribution in [2.45, 2.75) is 19.3 Å². The lowest BCUT2D eigenvalue weighted by Gasteiger charge is -2.09. The van der Waals surface area contributed by atoms with Crippen molar-refractivity contribution in [2.75, 3.05) is 5.75 Å². The van der Waals surface area contributed by atoms with E-state index >= 15 is 0 Å². The van der Waals surface area contributed by atoms with Crippen molar-refractivity contribution in [1.29, 1.82) is 0 Å². The Morgan fingerprint density at radius 1 is 1.45 bits per heavy atom.